The van der Waals surface area contributed by atoms with E-state index in [-0.39, 0.29) is 0 Å². The van der Waals surface area contributed by atoms with Crippen molar-refractivity contribution < 1.29 is 27.2 Å². The molecule has 1 unspecified atom stereocenters. The maximum Gasteiger partial charge on any atom is 0.289 e. The van der Waals surface area contributed by atoms with Gasteiger partial charge in [0.2, 0.25) is 10.0 Å². The molecule has 0 amide bonds. The Balaban J connectivity index is 2.61. The minimum atomic E-state index is -4.67. The summed E-state index contributed by atoms with van der Waals surface area (Å²) < 4.78 is 55.5. The summed E-state index contributed by atoms with van der Waals surface area (Å²) in [6.45, 7) is -2.60. The van der Waals surface area contributed by atoms with Gasteiger partial charge in [0.15, 0.2) is 4.90 Å². The van der Waals surface area contributed by atoms with Crippen LogP contribution in [0.1, 0.15) is 5.56 Å². The van der Waals surface area contributed by atoms with Crippen molar-refractivity contribution in [3.8, 4) is 0 Å². The first-order valence-corrected chi connectivity index (χ1v) is 9.34. The van der Waals surface area contributed by atoms with Crippen molar-refractivity contribution in [2.75, 3.05) is 13.3 Å². The molecule has 7 nitrogen and oxygen atoms in total. The van der Waals surface area contributed by atoms with Crippen LogP contribution in [0.4, 0.5) is 14.5 Å². The van der Waals surface area contributed by atoms with Crippen molar-refractivity contribution in [1.29, 1.82) is 0 Å². The van der Waals surface area contributed by atoms with Crippen molar-refractivity contribution in [2.45, 2.75) is 10.4 Å². The van der Waals surface area contributed by atoms with E-state index in [4.69, 9.17) is 0 Å². The number of halogens is 3. The van der Waals surface area contributed by atoms with Gasteiger partial charge in [-0.3, -0.25) is 10.1 Å². The standard InChI is InChI=1S/C15H13BrF2N2O5S/c16-10-5-6-12(18)11(7-10)15(8-17,9-21)19-26(24,25)14-4-2-1-3-13(14)20(22)23/h1-7,19,21H,8-9H2. The second-order valence-corrected chi connectivity index (χ2v) is 7.89. The van der Waals surface area contributed by atoms with E-state index in [9.17, 15) is 32.4 Å². The largest absolute Gasteiger partial charge is 0.394 e. The number of aliphatic hydroxyl groups is 1. The number of sulfonamides is 1. The fourth-order valence-electron chi connectivity index (χ4n) is 2.33. The van der Waals surface area contributed by atoms with Crippen LogP contribution in [-0.4, -0.2) is 31.7 Å². The molecule has 2 aromatic carbocycles. The molecular weight excluding hydrogens is 438 g/mol. The molecule has 26 heavy (non-hydrogen) atoms. The fourth-order valence-corrected chi connectivity index (χ4v) is 4.22. The van der Waals surface area contributed by atoms with Crippen molar-refractivity contribution in [2.24, 2.45) is 0 Å². The van der Waals surface area contributed by atoms with Gasteiger partial charge in [-0.15, -0.1) is 0 Å². The topological polar surface area (TPSA) is 110 Å². The van der Waals surface area contributed by atoms with E-state index >= 15 is 0 Å². The molecule has 2 N–H and O–H groups in total. The van der Waals surface area contributed by atoms with Crippen molar-refractivity contribution in [3.63, 3.8) is 0 Å². The summed E-state index contributed by atoms with van der Waals surface area (Å²) in [6.07, 6.45) is 0. The summed E-state index contributed by atoms with van der Waals surface area (Å²) in [7, 11) is -4.67. The van der Waals surface area contributed by atoms with Crippen LogP contribution in [0.3, 0.4) is 0 Å². The molecule has 0 fully saturated rings. The maximum atomic E-state index is 14.2. The third kappa shape index (κ3) is 3.90. The Bertz CT molecular complexity index is 935. The van der Waals surface area contributed by atoms with Crippen molar-refractivity contribution >= 4 is 31.6 Å². The summed E-state index contributed by atoms with van der Waals surface area (Å²) in [5.41, 5.74) is -3.53. The zero-order chi connectivity index (χ0) is 19.5. The smallest absolute Gasteiger partial charge is 0.289 e. The first-order valence-electron chi connectivity index (χ1n) is 7.06. The van der Waals surface area contributed by atoms with Gasteiger partial charge in [0, 0.05) is 16.1 Å². The monoisotopic (exact) mass is 450 g/mol. The van der Waals surface area contributed by atoms with Gasteiger partial charge < -0.3 is 5.11 Å². The number of aliphatic hydroxyl groups excluding tert-OH is 1. The zero-order valence-electron chi connectivity index (χ0n) is 13.0. The minimum Gasteiger partial charge on any atom is -0.394 e. The second kappa shape index (κ2) is 7.74. The minimum absolute atomic E-state index is 0.324. The molecule has 140 valence electrons. The lowest BCUT2D eigenvalue weighted by Gasteiger charge is -2.30. The highest BCUT2D eigenvalue weighted by Gasteiger charge is 2.41. The highest BCUT2D eigenvalue weighted by atomic mass is 79.9. The first-order chi connectivity index (χ1) is 12.2. The van der Waals surface area contributed by atoms with Crippen LogP contribution in [0.25, 0.3) is 0 Å². The summed E-state index contributed by atoms with van der Waals surface area (Å²) in [5.74, 6) is -0.954. The van der Waals surface area contributed by atoms with Gasteiger partial charge in [0.1, 0.15) is 18.0 Å². The molecule has 0 radical (unpaired) electrons. The molecule has 0 spiro atoms. The number of nitro groups is 1. The number of hydrogen-bond donors (Lipinski definition) is 2. The van der Waals surface area contributed by atoms with Crippen LogP contribution in [0, 0.1) is 15.9 Å². The lowest BCUT2D eigenvalue weighted by molar-refractivity contribution is -0.387. The van der Waals surface area contributed by atoms with E-state index in [0.717, 1.165) is 24.3 Å². The SMILES string of the molecule is O=[N+]([O-])c1ccccc1S(=O)(=O)NC(CO)(CF)c1cc(Br)ccc1F. The van der Waals surface area contributed by atoms with E-state index in [1.165, 1.54) is 18.2 Å². The summed E-state index contributed by atoms with van der Waals surface area (Å²) in [4.78, 5) is 9.42. The predicted molar refractivity (Wildman–Crippen MR) is 92.3 cm³/mol. The highest BCUT2D eigenvalue weighted by Crippen LogP contribution is 2.31. The Morgan fingerprint density at radius 1 is 1.27 bits per heavy atom. The van der Waals surface area contributed by atoms with Gasteiger partial charge in [0.05, 0.1) is 11.5 Å². The molecule has 0 aliphatic heterocycles. The van der Waals surface area contributed by atoms with Crippen LogP contribution in [-0.2, 0) is 15.6 Å². The number of benzene rings is 2. The average molecular weight is 451 g/mol. The normalized spacial score (nSPS) is 14.0. The lowest BCUT2D eigenvalue weighted by Crippen LogP contribution is -2.51. The molecular formula is C15H13BrF2N2O5S. The Morgan fingerprint density at radius 2 is 1.92 bits per heavy atom. The van der Waals surface area contributed by atoms with E-state index in [2.05, 4.69) is 15.9 Å². The Hall–Kier alpha value is -1.95. The summed E-state index contributed by atoms with van der Waals surface area (Å²) in [5, 5.41) is 20.7. The Kier molecular flexibility index (Phi) is 6.06. The van der Waals surface area contributed by atoms with Crippen LogP contribution < -0.4 is 4.72 Å². The van der Waals surface area contributed by atoms with E-state index in [1.54, 1.807) is 0 Å². The number of hydrogen-bond acceptors (Lipinski definition) is 5. The third-order valence-electron chi connectivity index (χ3n) is 3.62. The third-order valence-corrected chi connectivity index (χ3v) is 5.70. The van der Waals surface area contributed by atoms with Crippen LogP contribution in [0.5, 0.6) is 0 Å². The van der Waals surface area contributed by atoms with Crippen LogP contribution in [0.15, 0.2) is 51.8 Å². The van der Waals surface area contributed by atoms with Gasteiger partial charge in [-0.1, -0.05) is 28.1 Å². The average Bonchev–Trinajstić information content (AvgIpc) is 2.62. The Labute approximate surface area is 156 Å². The summed E-state index contributed by atoms with van der Waals surface area (Å²) in [6, 6.07) is 7.83. The number of nitrogens with one attached hydrogen (secondary N) is 1. The number of nitro benzene ring substituents is 1. The molecule has 0 aromatic heterocycles. The van der Waals surface area contributed by atoms with Crippen molar-refractivity contribution in [1.82, 2.24) is 4.72 Å². The molecule has 1 atom stereocenters. The molecule has 11 heteroatoms. The quantitative estimate of drug-likeness (QED) is 0.497. The van der Waals surface area contributed by atoms with E-state index < -0.39 is 55.7 Å². The van der Waals surface area contributed by atoms with Gasteiger partial charge in [-0.2, -0.15) is 4.72 Å². The predicted octanol–water partition coefficient (Wildman–Crippen LogP) is 2.63. The second-order valence-electron chi connectivity index (χ2n) is 5.33. The lowest BCUT2D eigenvalue weighted by atomic mass is 9.93. The first kappa shape index (κ1) is 20.4. The number of nitrogens with zero attached hydrogens (tertiary/aromatic N) is 1. The molecule has 0 aliphatic rings. The number of alkyl halides is 1. The van der Waals surface area contributed by atoms with E-state index in [0.29, 0.717) is 4.47 Å². The van der Waals surface area contributed by atoms with Crippen LogP contribution in [0.2, 0.25) is 0 Å². The molecule has 2 aromatic rings. The van der Waals surface area contributed by atoms with Gasteiger partial charge in [0.25, 0.3) is 5.69 Å². The molecule has 2 rings (SSSR count). The van der Waals surface area contributed by atoms with Crippen molar-refractivity contribution in [3.05, 3.63) is 68.4 Å². The van der Waals surface area contributed by atoms with Crippen LogP contribution >= 0.6 is 15.9 Å². The van der Waals surface area contributed by atoms with Gasteiger partial charge in [-0.25, -0.2) is 17.2 Å². The molecule has 0 heterocycles. The highest BCUT2D eigenvalue weighted by molar-refractivity contribution is 9.10. The zero-order valence-corrected chi connectivity index (χ0v) is 15.4. The van der Waals surface area contributed by atoms with E-state index in [1.807, 2.05) is 4.72 Å². The number of rotatable bonds is 7. The molecule has 0 saturated carbocycles. The maximum absolute atomic E-state index is 14.2. The summed E-state index contributed by atoms with van der Waals surface area (Å²) >= 11 is 3.07. The van der Waals surface area contributed by atoms with Gasteiger partial charge >= 0.3 is 0 Å². The fraction of sp³-hybridized carbons (Fsp3) is 0.200. The Morgan fingerprint density at radius 3 is 2.50 bits per heavy atom. The van der Waals surface area contributed by atoms with Gasteiger partial charge in [-0.05, 0) is 24.3 Å². The molecule has 0 bridgehead atoms. The molecule has 0 saturated heterocycles. The molecule has 0 aliphatic carbocycles. The number of para-hydroxylation sites is 1.